The average Bonchev–Trinajstić information content (AvgIpc) is 2.12. The predicted molar refractivity (Wildman–Crippen MR) is 71.0 cm³/mol. The molecule has 0 amide bonds. The Morgan fingerprint density at radius 2 is 2.20 bits per heavy atom. The van der Waals surface area contributed by atoms with Crippen molar-refractivity contribution in [2.24, 2.45) is 5.92 Å². The lowest BCUT2D eigenvalue weighted by molar-refractivity contribution is 0.222. The number of halogens is 1. The van der Waals surface area contributed by atoms with Gasteiger partial charge in [0.05, 0.1) is 12.3 Å². The Morgan fingerprint density at radius 1 is 1.40 bits per heavy atom. The molecule has 1 aliphatic carbocycles. The van der Waals surface area contributed by atoms with Gasteiger partial charge in [-0.2, -0.15) is 0 Å². The van der Waals surface area contributed by atoms with Crippen LogP contribution in [-0.2, 0) is 0 Å². The zero-order valence-electron chi connectivity index (χ0n) is 8.71. The van der Waals surface area contributed by atoms with Crippen molar-refractivity contribution in [1.82, 2.24) is 0 Å². The van der Waals surface area contributed by atoms with Crippen LogP contribution in [0.25, 0.3) is 0 Å². The average molecular weight is 317 g/mol. The minimum absolute atomic E-state index is 0.746. The van der Waals surface area contributed by atoms with Crippen molar-refractivity contribution in [2.75, 3.05) is 12.3 Å². The van der Waals surface area contributed by atoms with E-state index in [0.29, 0.717) is 0 Å². The molecule has 0 aliphatic heterocycles. The van der Waals surface area contributed by atoms with Gasteiger partial charge in [-0.25, -0.2) is 0 Å². The summed E-state index contributed by atoms with van der Waals surface area (Å²) in [5.41, 5.74) is 6.60. The van der Waals surface area contributed by atoms with Crippen LogP contribution in [0.1, 0.15) is 25.7 Å². The van der Waals surface area contributed by atoms with Crippen molar-refractivity contribution in [3.63, 3.8) is 0 Å². The van der Waals surface area contributed by atoms with Crippen LogP contribution in [0.2, 0.25) is 0 Å². The van der Waals surface area contributed by atoms with Crippen molar-refractivity contribution >= 4 is 28.3 Å². The number of ether oxygens (including phenoxy) is 1. The van der Waals surface area contributed by atoms with Crippen molar-refractivity contribution in [3.05, 3.63) is 21.8 Å². The van der Waals surface area contributed by atoms with Gasteiger partial charge in [0.25, 0.3) is 0 Å². The third-order valence-electron chi connectivity index (χ3n) is 2.98. The van der Waals surface area contributed by atoms with Gasteiger partial charge in [-0.05, 0) is 53.1 Å². The highest BCUT2D eigenvalue weighted by molar-refractivity contribution is 14.1. The summed E-state index contributed by atoms with van der Waals surface area (Å²) in [6, 6.07) is 5.92. The van der Waals surface area contributed by atoms with E-state index in [1.807, 2.05) is 18.2 Å². The molecule has 0 spiro atoms. The number of hydrogen-bond donors (Lipinski definition) is 1. The number of anilines is 1. The Kier molecular flexibility index (Phi) is 3.72. The Labute approximate surface area is 104 Å². The van der Waals surface area contributed by atoms with Crippen molar-refractivity contribution in [1.29, 1.82) is 0 Å². The summed E-state index contributed by atoms with van der Waals surface area (Å²) in [6.45, 7) is 0.801. The summed E-state index contributed by atoms with van der Waals surface area (Å²) < 4.78 is 6.82. The van der Waals surface area contributed by atoms with Gasteiger partial charge in [-0.3, -0.25) is 0 Å². The maximum atomic E-state index is 5.85. The van der Waals surface area contributed by atoms with E-state index in [2.05, 4.69) is 22.6 Å². The van der Waals surface area contributed by atoms with Crippen LogP contribution in [0.5, 0.6) is 5.75 Å². The van der Waals surface area contributed by atoms with E-state index in [9.17, 15) is 0 Å². The number of nitrogen functional groups attached to an aromatic ring is 1. The zero-order chi connectivity index (χ0) is 10.7. The summed E-state index contributed by atoms with van der Waals surface area (Å²) in [5, 5.41) is 0. The quantitative estimate of drug-likeness (QED) is 0.682. The van der Waals surface area contributed by atoms with Gasteiger partial charge in [0.2, 0.25) is 0 Å². The van der Waals surface area contributed by atoms with Gasteiger partial charge < -0.3 is 10.5 Å². The molecule has 0 saturated heterocycles. The molecule has 1 fully saturated rings. The van der Waals surface area contributed by atoms with Crippen LogP contribution in [0, 0.1) is 9.49 Å². The first-order chi connectivity index (χ1) is 7.25. The van der Waals surface area contributed by atoms with E-state index in [0.717, 1.165) is 27.5 Å². The van der Waals surface area contributed by atoms with E-state index in [1.54, 1.807) is 0 Å². The lowest BCUT2D eigenvalue weighted by Gasteiger charge is -2.25. The zero-order valence-corrected chi connectivity index (χ0v) is 10.9. The first-order valence-corrected chi connectivity index (χ1v) is 6.51. The second-order valence-corrected chi connectivity index (χ2v) is 5.36. The molecule has 1 saturated carbocycles. The van der Waals surface area contributed by atoms with E-state index in [-0.39, 0.29) is 0 Å². The van der Waals surface area contributed by atoms with Crippen LogP contribution in [-0.4, -0.2) is 6.61 Å². The second kappa shape index (κ2) is 5.05. The minimum Gasteiger partial charge on any atom is -0.491 e. The van der Waals surface area contributed by atoms with Crippen molar-refractivity contribution in [3.8, 4) is 5.75 Å². The third-order valence-corrected chi connectivity index (χ3v) is 3.65. The SMILES string of the molecule is Nc1cc(I)ccc1OCCC1CCC1. The maximum absolute atomic E-state index is 5.85. The minimum atomic E-state index is 0.746. The van der Waals surface area contributed by atoms with Gasteiger partial charge in [0.1, 0.15) is 5.75 Å². The molecule has 3 heteroatoms. The molecule has 2 rings (SSSR count). The van der Waals surface area contributed by atoms with Gasteiger partial charge >= 0.3 is 0 Å². The molecule has 0 radical (unpaired) electrons. The summed E-state index contributed by atoms with van der Waals surface area (Å²) in [4.78, 5) is 0. The van der Waals surface area contributed by atoms with Gasteiger partial charge in [-0.1, -0.05) is 19.3 Å². The fourth-order valence-electron chi connectivity index (χ4n) is 1.77. The second-order valence-electron chi connectivity index (χ2n) is 4.12. The van der Waals surface area contributed by atoms with Crippen LogP contribution in [0.4, 0.5) is 5.69 Å². The van der Waals surface area contributed by atoms with Gasteiger partial charge in [0.15, 0.2) is 0 Å². The molecule has 0 heterocycles. The highest BCUT2D eigenvalue weighted by Crippen LogP contribution is 2.30. The molecule has 0 bridgehead atoms. The Hall–Kier alpha value is -0.450. The van der Waals surface area contributed by atoms with Gasteiger partial charge in [-0.15, -0.1) is 0 Å². The van der Waals surface area contributed by atoms with E-state index >= 15 is 0 Å². The standard InChI is InChI=1S/C12H16INO/c13-10-4-5-12(11(14)8-10)15-7-6-9-2-1-3-9/h4-5,8-9H,1-3,6-7,14H2. The van der Waals surface area contributed by atoms with E-state index < -0.39 is 0 Å². The normalized spacial score (nSPS) is 16.1. The fraction of sp³-hybridized carbons (Fsp3) is 0.500. The highest BCUT2D eigenvalue weighted by Gasteiger charge is 2.16. The number of benzene rings is 1. The lowest BCUT2D eigenvalue weighted by atomic mass is 9.83. The monoisotopic (exact) mass is 317 g/mol. The molecule has 1 aromatic carbocycles. The highest BCUT2D eigenvalue weighted by atomic mass is 127. The summed E-state index contributed by atoms with van der Waals surface area (Å²) in [7, 11) is 0. The summed E-state index contributed by atoms with van der Waals surface area (Å²) in [6.07, 6.45) is 5.33. The molecule has 1 aromatic rings. The first kappa shape index (κ1) is 11.0. The molecule has 15 heavy (non-hydrogen) atoms. The summed E-state index contributed by atoms with van der Waals surface area (Å²) >= 11 is 2.25. The molecule has 0 aromatic heterocycles. The van der Waals surface area contributed by atoms with Gasteiger partial charge in [0, 0.05) is 3.57 Å². The molecule has 1 aliphatic rings. The lowest BCUT2D eigenvalue weighted by Crippen LogP contribution is -2.14. The number of nitrogens with two attached hydrogens (primary N) is 1. The molecule has 0 unspecified atom stereocenters. The van der Waals surface area contributed by atoms with Crippen LogP contribution < -0.4 is 10.5 Å². The number of rotatable bonds is 4. The van der Waals surface area contributed by atoms with Crippen LogP contribution in [0.3, 0.4) is 0 Å². The molecule has 82 valence electrons. The Balaban J connectivity index is 1.81. The predicted octanol–water partition coefficient (Wildman–Crippen LogP) is 3.44. The molecule has 2 N–H and O–H groups in total. The fourth-order valence-corrected chi connectivity index (χ4v) is 2.28. The first-order valence-electron chi connectivity index (χ1n) is 5.43. The molecule has 0 atom stereocenters. The largest absolute Gasteiger partial charge is 0.491 e. The van der Waals surface area contributed by atoms with Crippen LogP contribution >= 0.6 is 22.6 Å². The maximum Gasteiger partial charge on any atom is 0.142 e. The van der Waals surface area contributed by atoms with E-state index in [4.69, 9.17) is 10.5 Å². The molecular formula is C12H16INO. The third kappa shape index (κ3) is 3.00. The van der Waals surface area contributed by atoms with E-state index in [1.165, 1.54) is 25.7 Å². The van der Waals surface area contributed by atoms with Crippen molar-refractivity contribution in [2.45, 2.75) is 25.7 Å². The molecular weight excluding hydrogens is 301 g/mol. The van der Waals surface area contributed by atoms with Crippen molar-refractivity contribution < 1.29 is 4.74 Å². The molecule has 2 nitrogen and oxygen atoms in total. The smallest absolute Gasteiger partial charge is 0.142 e. The topological polar surface area (TPSA) is 35.2 Å². The number of hydrogen-bond acceptors (Lipinski definition) is 2. The Bertz CT molecular complexity index is 336. The summed E-state index contributed by atoms with van der Waals surface area (Å²) in [5.74, 6) is 1.73. The van der Waals surface area contributed by atoms with Crippen LogP contribution in [0.15, 0.2) is 18.2 Å². The Morgan fingerprint density at radius 3 is 2.80 bits per heavy atom.